The van der Waals surface area contributed by atoms with Crippen LogP contribution in [-0.4, -0.2) is 17.0 Å². The lowest BCUT2D eigenvalue weighted by atomic mass is 10.1. The van der Waals surface area contributed by atoms with Crippen LogP contribution < -0.4 is 5.32 Å². The summed E-state index contributed by atoms with van der Waals surface area (Å²) < 4.78 is 10.4. The number of carbonyl (C=O) groups is 2. The summed E-state index contributed by atoms with van der Waals surface area (Å²) in [5.41, 5.74) is 2.54. The minimum Gasteiger partial charge on any atom is -0.444 e. The maximum absolute atomic E-state index is 12.7. The molecule has 0 saturated heterocycles. The van der Waals surface area contributed by atoms with Crippen LogP contribution in [0.15, 0.2) is 71.3 Å². The Morgan fingerprint density at radius 2 is 1.79 bits per heavy atom. The Morgan fingerprint density at radius 1 is 1.07 bits per heavy atom. The average Bonchev–Trinajstić information content (AvgIpc) is 3.11. The Hall–Kier alpha value is -3.67. The second-order valence-electron chi connectivity index (χ2n) is 6.28. The number of ether oxygens (including phenoxy) is 1. The maximum Gasteiger partial charge on any atom is 0.331 e. The van der Waals surface area contributed by atoms with Crippen LogP contribution in [0, 0.1) is 13.8 Å². The first-order chi connectivity index (χ1) is 13.5. The maximum atomic E-state index is 12.7. The second-order valence-corrected chi connectivity index (χ2v) is 6.28. The molecule has 6 nitrogen and oxygen atoms in total. The van der Waals surface area contributed by atoms with Crippen LogP contribution in [0.3, 0.4) is 0 Å². The van der Waals surface area contributed by atoms with Gasteiger partial charge >= 0.3 is 5.97 Å². The number of hydrogen-bond acceptors (Lipinski definition) is 5. The molecule has 6 heteroatoms. The van der Waals surface area contributed by atoms with Gasteiger partial charge in [0, 0.05) is 17.7 Å². The van der Waals surface area contributed by atoms with E-state index in [1.54, 1.807) is 43.3 Å². The van der Waals surface area contributed by atoms with E-state index >= 15 is 0 Å². The molecule has 1 atom stereocenters. The fraction of sp³-hybridized carbons (Fsp3) is 0.136. The highest BCUT2D eigenvalue weighted by Gasteiger charge is 2.25. The normalized spacial score (nSPS) is 11.9. The lowest BCUT2D eigenvalue weighted by Gasteiger charge is -2.16. The summed E-state index contributed by atoms with van der Waals surface area (Å²) in [5, 5.41) is 6.33. The van der Waals surface area contributed by atoms with E-state index < -0.39 is 18.0 Å². The summed E-state index contributed by atoms with van der Waals surface area (Å²) in [6, 6.07) is 18.1. The third-order valence-corrected chi connectivity index (χ3v) is 3.94. The van der Waals surface area contributed by atoms with Crippen LogP contribution in [0.25, 0.3) is 6.08 Å². The highest BCUT2D eigenvalue weighted by Crippen LogP contribution is 2.20. The summed E-state index contributed by atoms with van der Waals surface area (Å²) in [7, 11) is 0. The topological polar surface area (TPSA) is 81.4 Å². The molecule has 1 amide bonds. The lowest BCUT2D eigenvalue weighted by Crippen LogP contribution is -2.25. The van der Waals surface area contributed by atoms with Gasteiger partial charge in [-0.2, -0.15) is 0 Å². The van der Waals surface area contributed by atoms with Crippen molar-refractivity contribution in [3.63, 3.8) is 0 Å². The van der Waals surface area contributed by atoms with E-state index in [0.717, 1.165) is 11.1 Å². The predicted molar refractivity (Wildman–Crippen MR) is 105 cm³/mol. The summed E-state index contributed by atoms with van der Waals surface area (Å²) in [5.74, 6) is -0.322. The van der Waals surface area contributed by atoms with Crippen LogP contribution in [0.2, 0.25) is 0 Å². The molecule has 0 radical (unpaired) electrons. The van der Waals surface area contributed by atoms with Crippen molar-refractivity contribution in [2.24, 2.45) is 0 Å². The zero-order chi connectivity index (χ0) is 19.9. The van der Waals surface area contributed by atoms with Crippen LogP contribution in [-0.2, 0) is 14.3 Å². The molecular weight excluding hydrogens is 356 g/mol. The van der Waals surface area contributed by atoms with Gasteiger partial charge in [-0.05, 0) is 25.5 Å². The van der Waals surface area contributed by atoms with Crippen molar-refractivity contribution >= 4 is 23.8 Å². The number of nitrogens with one attached hydrogen (secondary N) is 1. The van der Waals surface area contributed by atoms with Crippen LogP contribution in [0.5, 0.6) is 0 Å². The van der Waals surface area contributed by atoms with Gasteiger partial charge < -0.3 is 14.6 Å². The summed E-state index contributed by atoms with van der Waals surface area (Å²) in [6.07, 6.45) is 1.82. The van der Waals surface area contributed by atoms with Gasteiger partial charge in [-0.15, -0.1) is 0 Å². The molecule has 1 heterocycles. The smallest absolute Gasteiger partial charge is 0.331 e. The highest BCUT2D eigenvalue weighted by molar-refractivity contribution is 5.97. The van der Waals surface area contributed by atoms with E-state index in [0.29, 0.717) is 11.3 Å². The van der Waals surface area contributed by atoms with Gasteiger partial charge in [-0.25, -0.2) is 4.79 Å². The molecule has 0 bridgehead atoms. The fourth-order valence-electron chi connectivity index (χ4n) is 2.52. The first-order valence-electron chi connectivity index (χ1n) is 8.76. The van der Waals surface area contributed by atoms with E-state index in [2.05, 4.69) is 10.5 Å². The molecule has 0 spiro atoms. The SMILES string of the molecule is Cc1ccc(/C=C/C(=O)OC(C(=O)Nc2cc(C)on2)c2ccccc2)cc1. The van der Waals surface area contributed by atoms with Crippen molar-refractivity contribution in [2.75, 3.05) is 5.32 Å². The van der Waals surface area contributed by atoms with Crippen molar-refractivity contribution in [1.29, 1.82) is 0 Å². The van der Waals surface area contributed by atoms with Crippen molar-refractivity contribution in [3.8, 4) is 0 Å². The van der Waals surface area contributed by atoms with E-state index in [4.69, 9.17) is 9.26 Å². The predicted octanol–water partition coefficient (Wildman–Crippen LogP) is 4.23. The second kappa shape index (κ2) is 8.81. The Bertz CT molecular complexity index is 975. The highest BCUT2D eigenvalue weighted by atomic mass is 16.5. The molecule has 3 rings (SSSR count). The number of aromatic nitrogens is 1. The molecule has 28 heavy (non-hydrogen) atoms. The number of rotatable bonds is 6. The van der Waals surface area contributed by atoms with Crippen molar-refractivity contribution in [1.82, 2.24) is 5.16 Å². The third-order valence-electron chi connectivity index (χ3n) is 3.94. The van der Waals surface area contributed by atoms with E-state index in [9.17, 15) is 9.59 Å². The molecule has 0 aliphatic carbocycles. The van der Waals surface area contributed by atoms with Gasteiger partial charge in [0.1, 0.15) is 5.76 Å². The first kappa shape index (κ1) is 19.1. The Kier molecular flexibility index (Phi) is 6.01. The van der Waals surface area contributed by atoms with E-state index in [-0.39, 0.29) is 5.82 Å². The van der Waals surface area contributed by atoms with Crippen LogP contribution >= 0.6 is 0 Å². The number of amides is 1. The lowest BCUT2D eigenvalue weighted by molar-refractivity contribution is -0.149. The van der Waals surface area contributed by atoms with E-state index in [1.807, 2.05) is 37.3 Å². The van der Waals surface area contributed by atoms with Gasteiger partial charge in [0.05, 0.1) is 0 Å². The van der Waals surface area contributed by atoms with Gasteiger partial charge in [0.15, 0.2) is 5.82 Å². The molecule has 1 aromatic heterocycles. The Morgan fingerprint density at radius 3 is 2.43 bits per heavy atom. The van der Waals surface area contributed by atoms with Crippen LogP contribution in [0.4, 0.5) is 5.82 Å². The molecular formula is C22H20N2O4. The summed E-state index contributed by atoms with van der Waals surface area (Å²) in [6.45, 7) is 3.70. The van der Waals surface area contributed by atoms with Gasteiger partial charge in [0.2, 0.25) is 6.10 Å². The quantitative estimate of drug-likeness (QED) is 0.514. The van der Waals surface area contributed by atoms with Gasteiger partial charge in [0.25, 0.3) is 5.91 Å². The average molecular weight is 376 g/mol. The molecule has 3 aromatic rings. The largest absolute Gasteiger partial charge is 0.444 e. The third kappa shape index (κ3) is 5.17. The monoisotopic (exact) mass is 376 g/mol. The van der Waals surface area contributed by atoms with Crippen molar-refractivity contribution < 1.29 is 18.8 Å². The van der Waals surface area contributed by atoms with Gasteiger partial charge in [-0.3, -0.25) is 4.79 Å². The molecule has 1 unspecified atom stereocenters. The number of esters is 1. The molecule has 142 valence electrons. The molecule has 0 aliphatic heterocycles. The molecule has 2 aromatic carbocycles. The summed E-state index contributed by atoms with van der Waals surface area (Å²) >= 11 is 0. The number of aryl methyl sites for hydroxylation is 2. The number of nitrogens with zero attached hydrogens (tertiary/aromatic N) is 1. The molecule has 1 N–H and O–H groups in total. The number of benzene rings is 2. The number of anilines is 1. The van der Waals surface area contributed by atoms with Crippen LogP contribution in [0.1, 0.15) is 28.6 Å². The van der Waals surface area contributed by atoms with Crippen molar-refractivity contribution in [2.45, 2.75) is 20.0 Å². The number of hydrogen-bond donors (Lipinski definition) is 1. The standard InChI is InChI=1S/C22H20N2O4/c1-15-8-10-17(11-9-15)12-13-20(25)27-21(18-6-4-3-5-7-18)22(26)23-19-14-16(2)28-24-19/h3-14,21H,1-2H3,(H,23,24,26)/b13-12+. The van der Waals surface area contributed by atoms with Gasteiger partial charge in [-0.1, -0.05) is 65.3 Å². The Labute approximate surface area is 162 Å². The zero-order valence-electron chi connectivity index (χ0n) is 15.6. The van der Waals surface area contributed by atoms with Crippen molar-refractivity contribution in [3.05, 3.63) is 89.2 Å². The zero-order valence-corrected chi connectivity index (χ0v) is 15.6. The molecule has 0 aliphatic rings. The molecule has 0 saturated carbocycles. The minimum absolute atomic E-state index is 0.259. The fourth-order valence-corrected chi connectivity index (χ4v) is 2.52. The first-order valence-corrected chi connectivity index (χ1v) is 8.76. The summed E-state index contributed by atoms with van der Waals surface area (Å²) in [4.78, 5) is 25.0. The number of carbonyl (C=O) groups excluding carboxylic acids is 2. The minimum atomic E-state index is -1.12. The molecule has 0 fully saturated rings. The Balaban J connectivity index is 1.74. The van der Waals surface area contributed by atoms with E-state index in [1.165, 1.54) is 6.08 Å².